The standard InChI is InChI=1S/C19H15ClN2O4S/c1-22-17(24)16(10-12-9-13(20)5-8-15(12)23)27-19(22)21-14-6-3-11(4-7-14)18(25)26-2/h3-10,23H,1-2H3/b16-10+,21-19?. The van der Waals surface area contributed by atoms with Gasteiger partial charge in [0, 0.05) is 17.6 Å². The molecule has 1 saturated heterocycles. The number of nitrogens with zero attached hydrogens (tertiary/aromatic N) is 2. The van der Waals surface area contributed by atoms with E-state index in [9.17, 15) is 14.7 Å². The van der Waals surface area contributed by atoms with Crippen LogP contribution in [0.4, 0.5) is 5.69 Å². The van der Waals surface area contributed by atoms with Crippen molar-refractivity contribution in [3.05, 3.63) is 63.5 Å². The summed E-state index contributed by atoms with van der Waals surface area (Å²) in [5.74, 6) is -0.626. The van der Waals surface area contributed by atoms with Gasteiger partial charge in [0.1, 0.15) is 5.75 Å². The number of hydrogen-bond acceptors (Lipinski definition) is 6. The number of esters is 1. The van der Waals surface area contributed by atoms with E-state index >= 15 is 0 Å². The summed E-state index contributed by atoms with van der Waals surface area (Å²) in [6.45, 7) is 0. The number of phenols is 1. The van der Waals surface area contributed by atoms with Crippen LogP contribution in [0.2, 0.25) is 5.02 Å². The van der Waals surface area contributed by atoms with E-state index in [-0.39, 0.29) is 11.7 Å². The number of carbonyl (C=O) groups excluding carboxylic acids is 2. The SMILES string of the molecule is COC(=O)c1ccc(N=C2S/C(=C/c3cc(Cl)ccc3O)C(=O)N2C)cc1. The number of methoxy groups -OCH3 is 1. The molecule has 0 atom stereocenters. The lowest BCUT2D eigenvalue weighted by Crippen LogP contribution is -2.23. The monoisotopic (exact) mass is 402 g/mol. The predicted octanol–water partition coefficient (Wildman–Crippen LogP) is 4.07. The number of amides is 1. The molecule has 3 rings (SSSR count). The van der Waals surface area contributed by atoms with Gasteiger partial charge >= 0.3 is 5.97 Å². The third-order valence-electron chi connectivity index (χ3n) is 3.79. The van der Waals surface area contributed by atoms with Gasteiger partial charge in [-0.05, 0) is 60.3 Å². The van der Waals surface area contributed by atoms with Gasteiger partial charge < -0.3 is 9.84 Å². The zero-order valence-corrected chi connectivity index (χ0v) is 16.0. The Morgan fingerprint density at radius 3 is 2.63 bits per heavy atom. The second-order valence-corrected chi connectivity index (χ2v) is 7.06. The summed E-state index contributed by atoms with van der Waals surface area (Å²) < 4.78 is 4.66. The highest BCUT2D eigenvalue weighted by Crippen LogP contribution is 2.35. The van der Waals surface area contributed by atoms with Gasteiger partial charge in [0.05, 0.1) is 23.3 Å². The maximum absolute atomic E-state index is 12.5. The molecular weight excluding hydrogens is 388 g/mol. The number of hydrogen-bond donors (Lipinski definition) is 1. The molecule has 1 amide bonds. The normalized spacial score (nSPS) is 17.0. The molecule has 1 aliphatic rings. The molecule has 0 saturated carbocycles. The number of aliphatic imine (C=N–C) groups is 1. The largest absolute Gasteiger partial charge is 0.507 e. The van der Waals surface area contributed by atoms with Crippen molar-refractivity contribution in [2.24, 2.45) is 4.99 Å². The smallest absolute Gasteiger partial charge is 0.337 e. The number of benzene rings is 2. The van der Waals surface area contributed by atoms with E-state index in [0.717, 1.165) is 0 Å². The zero-order chi connectivity index (χ0) is 19.6. The topological polar surface area (TPSA) is 79.2 Å². The van der Waals surface area contributed by atoms with E-state index in [2.05, 4.69) is 9.73 Å². The second kappa shape index (κ2) is 7.85. The summed E-state index contributed by atoms with van der Waals surface area (Å²) in [5.41, 5.74) is 1.47. The maximum Gasteiger partial charge on any atom is 0.337 e. The Hall–Kier alpha value is -2.77. The lowest BCUT2D eigenvalue weighted by Gasteiger charge is -2.07. The fourth-order valence-electron chi connectivity index (χ4n) is 2.33. The van der Waals surface area contributed by atoms with Gasteiger partial charge in [0.25, 0.3) is 5.91 Å². The molecule has 8 heteroatoms. The molecule has 2 aromatic rings. The summed E-state index contributed by atoms with van der Waals surface area (Å²) in [4.78, 5) is 30.2. The second-order valence-electron chi connectivity index (χ2n) is 5.61. The van der Waals surface area contributed by atoms with Crippen molar-refractivity contribution in [2.75, 3.05) is 14.2 Å². The Balaban J connectivity index is 1.87. The van der Waals surface area contributed by atoms with Crippen LogP contribution < -0.4 is 0 Å². The van der Waals surface area contributed by atoms with Crippen LogP contribution in [0.5, 0.6) is 5.75 Å². The molecule has 0 radical (unpaired) electrons. The summed E-state index contributed by atoms with van der Waals surface area (Å²) >= 11 is 7.14. The van der Waals surface area contributed by atoms with Gasteiger partial charge in [-0.3, -0.25) is 9.69 Å². The number of phenolic OH excluding ortho intramolecular Hbond substituents is 1. The van der Waals surface area contributed by atoms with Crippen LogP contribution in [0.15, 0.2) is 52.4 Å². The molecular formula is C19H15ClN2O4S. The van der Waals surface area contributed by atoms with Crippen molar-refractivity contribution in [3.8, 4) is 5.75 Å². The minimum absolute atomic E-state index is 0.0340. The third-order valence-corrected chi connectivity index (χ3v) is 5.09. The lowest BCUT2D eigenvalue weighted by molar-refractivity contribution is -0.121. The lowest BCUT2D eigenvalue weighted by atomic mass is 10.2. The first-order chi connectivity index (χ1) is 12.9. The van der Waals surface area contributed by atoms with Gasteiger partial charge in [-0.15, -0.1) is 0 Å². The molecule has 6 nitrogen and oxygen atoms in total. The fourth-order valence-corrected chi connectivity index (χ4v) is 3.49. The van der Waals surface area contributed by atoms with Gasteiger partial charge in [-0.2, -0.15) is 0 Å². The molecule has 1 aliphatic heterocycles. The van der Waals surface area contributed by atoms with Crippen molar-refractivity contribution in [3.63, 3.8) is 0 Å². The zero-order valence-electron chi connectivity index (χ0n) is 14.5. The average molecular weight is 403 g/mol. The number of amidine groups is 1. The molecule has 27 heavy (non-hydrogen) atoms. The molecule has 2 aromatic carbocycles. The Bertz CT molecular complexity index is 970. The third kappa shape index (κ3) is 4.15. The minimum Gasteiger partial charge on any atom is -0.507 e. The molecule has 0 aliphatic carbocycles. The molecule has 0 bridgehead atoms. The van der Waals surface area contributed by atoms with Crippen LogP contribution in [-0.4, -0.2) is 41.2 Å². The summed E-state index contributed by atoms with van der Waals surface area (Å²) in [7, 11) is 2.94. The Morgan fingerprint density at radius 1 is 1.26 bits per heavy atom. The molecule has 1 heterocycles. The highest BCUT2D eigenvalue weighted by Gasteiger charge is 2.30. The van der Waals surface area contributed by atoms with E-state index in [1.165, 1.54) is 29.8 Å². The number of thioether (sulfide) groups is 1. The van der Waals surface area contributed by atoms with E-state index in [1.807, 2.05) is 0 Å². The number of likely N-dealkylation sites (N-methyl/N-ethyl adjacent to an activating group) is 1. The summed E-state index contributed by atoms with van der Waals surface area (Å²) in [6.07, 6.45) is 1.58. The van der Waals surface area contributed by atoms with Gasteiger partial charge in [0.2, 0.25) is 0 Å². The van der Waals surface area contributed by atoms with Crippen LogP contribution >= 0.6 is 23.4 Å². The first-order valence-electron chi connectivity index (χ1n) is 7.82. The Kier molecular flexibility index (Phi) is 5.53. The van der Waals surface area contributed by atoms with E-state index in [4.69, 9.17) is 11.6 Å². The fraction of sp³-hybridized carbons (Fsp3) is 0.105. The average Bonchev–Trinajstić information content (AvgIpc) is 2.92. The number of rotatable bonds is 3. The van der Waals surface area contributed by atoms with E-state index < -0.39 is 5.97 Å². The summed E-state index contributed by atoms with van der Waals surface area (Å²) in [5, 5.41) is 10.9. The highest BCUT2D eigenvalue weighted by atomic mass is 35.5. The molecule has 1 fully saturated rings. The van der Waals surface area contributed by atoms with Crippen molar-refractivity contribution in [1.29, 1.82) is 0 Å². The molecule has 0 aromatic heterocycles. The molecule has 138 valence electrons. The van der Waals surface area contributed by atoms with Crippen LogP contribution in [0.3, 0.4) is 0 Å². The van der Waals surface area contributed by atoms with Gasteiger partial charge in [-0.25, -0.2) is 9.79 Å². The molecule has 1 N–H and O–H groups in total. The van der Waals surface area contributed by atoms with Crippen LogP contribution in [0.25, 0.3) is 6.08 Å². The Morgan fingerprint density at radius 2 is 1.96 bits per heavy atom. The van der Waals surface area contributed by atoms with Crippen molar-refractivity contribution < 1.29 is 19.4 Å². The van der Waals surface area contributed by atoms with E-state index in [1.54, 1.807) is 49.5 Å². The Labute approximate surface area is 165 Å². The molecule has 0 spiro atoms. The van der Waals surface area contributed by atoms with Crippen LogP contribution in [-0.2, 0) is 9.53 Å². The van der Waals surface area contributed by atoms with Crippen LogP contribution in [0.1, 0.15) is 15.9 Å². The number of carbonyl (C=O) groups is 2. The van der Waals surface area contributed by atoms with Gasteiger partial charge in [-0.1, -0.05) is 11.6 Å². The van der Waals surface area contributed by atoms with Crippen molar-refractivity contribution >= 4 is 52.2 Å². The predicted molar refractivity (Wildman–Crippen MR) is 106 cm³/mol. The number of aromatic hydroxyl groups is 1. The molecule has 0 unspecified atom stereocenters. The number of ether oxygens (including phenoxy) is 1. The first-order valence-corrected chi connectivity index (χ1v) is 9.01. The number of halogens is 1. The van der Waals surface area contributed by atoms with Crippen molar-refractivity contribution in [2.45, 2.75) is 0 Å². The van der Waals surface area contributed by atoms with E-state index in [0.29, 0.717) is 31.9 Å². The summed E-state index contributed by atoms with van der Waals surface area (Å²) in [6, 6.07) is 11.2. The van der Waals surface area contributed by atoms with Gasteiger partial charge in [0.15, 0.2) is 5.17 Å². The maximum atomic E-state index is 12.5. The van der Waals surface area contributed by atoms with Crippen molar-refractivity contribution in [1.82, 2.24) is 4.90 Å². The first kappa shape index (κ1) is 19.0. The quantitative estimate of drug-likeness (QED) is 0.618. The highest BCUT2D eigenvalue weighted by molar-refractivity contribution is 8.18. The van der Waals surface area contributed by atoms with Crippen LogP contribution in [0, 0.1) is 0 Å². The minimum atomic E-state index is -0.428.